The second kappa shape index (κ2) is 6.08. The van der Waals surface area contributed by atoms with Gasteiger partial charge in [-0.2, -0.15) is 0 Å². The summed E-state index contributed by atoms with van der Waals surface area (Å²) in [6, 6.07) is 5.68. The molecule has 2 aromatic rings. The van der Waals surface area contributed by atoms with E-state index in [2.05, 4.69) is 25.9 Å². The first kappa shape index (κ1) is 13.9. The lowest BCUT2D eigenvalue weighted by Gasteiger charge is -2.17. The molecule has 1 heterocycles. The van der Waals surface area contributed by atoms with Gasteiger partial charge in [-0.15, -0.1) is 0 Å². The number of rotatable bonds is 5. The summed E-state index contributed by atoms with van der Waals surface area (Å²) in [5, 5.41) is 0. The highest BCUT2D eigenvalue weighted by molar-refractivity contribution is 9.10. The lowest BCUT2D eigenvalue weighted by molar-refractivity contribution is 0.389. The minimum Gasteiger partial charge on any atom is -0.497 e. The molecule has 1 atom stereocenters. The van der Waals surface area contributed by atoms with Gasteiger partial charge in [0.25, 0.3) is 0 Å². The lowest BCUT2D eigenvalue weighted by Crippen LogP contribution is -2.16. The summed E-state index contributed by atoms with van der Waals surface area (Å²) >= 11 is 3.35. The van der Waals surface area contributed by atoms with Crippen molar-refractivity contribution in [2.24, 2.45) is 5.73 Å². The Morgan fingerprint density at radius 3 is 2.68 bits per heavy atom. The highest BCUT2D eigenvalue weighted by atomic mass is 79.9. The van der Waals surface area contributed by atoms with Crippen molar-refractivity contribution in [2.75, 3.05) is 20.8 Å². The van der Waals surface area contributed by atoms with Crippen LogP contribution in [0, 0.1) is 0 Å². The smallest absolute Gasteiger partial charge is 0.126 e. The average Bonchev–Trinajstić information content (AvgIpc) is 2.86. The van der Waals surface area contributed by atoms with Gasteiger partial charge >= 0.3 is 0 Å². The van der Waals surface area contributed by atoms with Crippen LogP contribution in [0.25, 0.3) is 0 Å². The van der Waals surface area contributed by atoms with Gasteiger partial charge in [-0.3, -0.25) is 0 Å². The summed E-state index contributed by atoms with van der Waals surface area (Å²) < 4.78 is 11.4. The second-order valence-electron chi connectivity index (χ2n) is 4.01. The van der Waals surface area contributed by atoms with Crippen LogP contribution in [0.3, 0.4) is 0 Å². The predicted molar refractivity (Wildman–Crippen MR) is 76.7 cm³/mol. The molecule has 5 nitrogen and oxygen atoms in total. The van der Waals surface area contributed by atoms with Gasteiger partial charge in [-0.1, -0.05) is 6.07 Å². The van der Waals surface area contributed by atoms with Crippen molar-refractivity contribution >= 4 is 15.9 Å². The Balaban J connectivity index is 2.43. The highest BCUT2D eigenvalue weighted by Gasteiger charge is 2.20. The third kappa shape index (κ3) is 2.90. The van der Waals surface area contributed by atoms with Crippen LogP contribution >= 0.6 is 15.9 Å². The molecule has 0 bridgehead atoms. The number of nitrogens with two attached hydrogens (primary N) is 1. The fourth-order valence-electron chi connectivity index (χ4n) is 1.98. The first-order chi connectivity index (χ1) is 9.19. The Hall–Kier alpha value is -1.53. The van der Waals surface area contributed by atoms with Gasteiger partial charge < -0.3 is 20.2 Å². The molecule has 0 saturated heterocycles. The molecule has 102 valence electrons. The number of imidazole rings is 1. The molecular formula is C13H16BrN3O2. The van der Waals surface area contributed by atoms with Crippen molar-refractivity contribution < 1.29 is 9.47 Å². The van der Waals surface area contributed by atoms with Gasteiger partial charge in [-0.05, 0) is 22.0 Å². The Morgan fingerprint density at radius 1 is 1.37 bits per heavy atom. The van der Waals surface area contributed by atoms with E-state index in [9.17, 15) is 0 Å². The Kier molecular flexibility index (Phi) is 4.44. The van der Waals surface area contributed by atoms with Crippen LogP contribution < -0.4 is 15.2 Å². The SMILES string of the molecule is COc1ccc(C(CN)c2ncc(Br)[nH]2)c(OC)c1. The minimum absolute atomic E-state index is 0.0489. The fraction of sp³-hybridized carbons (Fsp3) is 0.308. The molecule has 1 aromatic carbocycles. The standard InChI is InChI=1S/C13H16BrN3O2/c1-18-8-3-4-9(11(5-8)19-2)10(6-15)13-16-7-12(14)17-13/h3-5,7,10H,6,15H2,1-2H3,(H,16,17). The lowest BCUT2D eigenvalue weighted by atomic mass is 9.97. The van der Waals surface area contributed by atoms with Gasteiger partial charge in [0.2, 0.25) is 0 Å². The zero-order chi connectivity index (χ0) is 13.8. The Morgan fingerprint density at radius 2 is 2.16 bits per heavy atom. The van der Waals surface area contributed by atoms with Crippen molar-refractivity contribution in [1.82, 2.24) is 9.97 Å². The Labute approximate surface area is 120 Å². The van der Waals surface area contributed by atoms with E-state index >= 15 is 0 Å². The molecule has 1 aromatic heterocycles. The first-order valence-corrected chi connectivity index (χ1v) is 6.61. The van der Waals surface area contributed by atoms with Crippen LogP contribution in [0.15, 0.2) is 29.0 Å². The van der Waals surface area contributed by atoms with Gasteiger partial charge in [0.05, 0.1) is 26.3 Å². The summed E-state index contributed by atoms with van der Waals surface area (Å²) in [7, 11) is 3.25. The van der Waals surface area contributed by atoms with E-state index in [4.69, 9.17) is 15.2 Å². The van der Waals surface area contributed by atoms with E-state index in [1.165, 1.54) is 0 Å². The normalized spacial score (nSPS) is 12.2. The number of ether oxygens (including phenoxy) is 2. The maximum Gasteiger partial charge on any atom is 0.126 e. The van der Waals surface area contributed by atoms with E-state index in [-0.39, 0.29) is 5.92 Å². The van der Waals surface area contributed by atoms with E-state index in [1.54, 1.807) is 20.4 Å². The van der Waals surface area contributed by atoms with E-state index in [1.807, 2.05) is 18.2 Å². The molecule has 2 rings (SSSR count). The molecule has 0 spiro atoms. The number of aromatic amines is 1. The van der Waals surface area contributed by atoms with Gasteiger partial charge in [0.15, 0.2) is 0 Å². The van der Waals surface area contributed by atoms with Crippen molar-refractivity contribution in [2.45, 2.75) is 5.92 Å². The van der Waals surface area contributed by atoms with E-state index in [0.29, 0.717) is 6.54 Å². The third-order valence-corrected chi connectivity index (χ3v) is 3.35. The molecule has 0 aliphatic carbocycles. The molecule has 0 aliphatic heterocycles. The van der Waals surface area contributed by atoms with Crippen molar-refractivity contribution in [1.29, 1.82) is 0 Å². The van der Waals surface area contributed by atoms with Crippen molar-refractivity contribution in [3.05, 3.63) is 40.4 Å². The topological polar surface area (TPSA) is 73.2 Å². The summed E-state index contributed by atoms with van der Waals surface area (Å²) in [5.74, 6) is 2.24. The zero-order valence-electron chi connectivity index (χ0n) is 10.8. The molecule has 1 unspecified atom stereocenters. The molecule has 0 amide bonds. The predicted octanol–water partition coefficient (Wildman–Crippen LogP) is 2.28. The van der Waals surface area contributed by atoms with Crippen LogP contribution in [0.5, 0.6) is 11.5 Å². The molecule has 0 fully saturated rings. The van der Waals surface area contributed by atoms with E-state index in [0.717, 1.165) is 27.5 Å². The fourth-order valence-corrected chi connectivity index (χ4v) is 2.29. The summed E-state index contributed by atoms with van der Waals surface area (Å²) in [6.45, 7) is 0.433. The van der Waals surface area contributed by atoms with Crippen molar-refractivity contribution in [3.63, 3.8) is 0 Å². The molecular weight excluding hydrogens is 310 g/mol. The van der Waals surface area contributed by atoms with Crippen molar-refractivity contribution in [3.8, 4) is 11.5 Å². The van der Waals surface area contributed by atoms with Crippen LogP contribution in [-0.4, -0.2) is 30.7 Å². The largest absolute Gasteiger partial charge is 0.497 e. The molecule has 3 N–H and O–H groups in total. The number of aromatic nitrogens is 2. The summed E-state index contributed by atoms with van der Waals surface area (Å²) in [6.07, 6.45) is 1.72. The number of methoxy groups -OCH3 is 2. The number of nitrogens with zero attached hydrogens (tertiary/aromatic N) is 1. The molecule has 0 aliphatic rings. The minimum atomic E-state index is -0.0489. The van der Waals surface area contributed by atoms with Gasteiger partial charge in [0.1, 0.15) is 21.9 Å². The second-order valence-corrected chi connectivity index (χ2v) is 4.87. The quantitative estimate of drug-likeness (QED) is 0.884. The number of nitrogens with one attached hydrogen (secondary N) is 1. The molecule has 0 radical (unpaired) electrons. The zero-order valence-corrected chi connectivity index (χ0v) is 12.4. The maximum atomic E-state index is 5.88. The van der Waals surface area contributed by atoms with Crippen LogP contribution in [0.2, 0.25) is 0 Å². The highest BCUT2D eigenvalue weighted by Crippen LogP contribution is 2.33. The molecule has 0 saturated carbocycles. The number of halogens is 1. The number of H-pyrrole nitrogens is 1. The first-order valence-electron chi connectivity index (χ1n) is 5.82. The van der Waals surface area contributed by atoms with E-state index < -0.39 is 0 Å². The van der Waals surface area contributed by atoms with Crippen LogP contribution in [0.4, 0.5) is 0 Å². The maximum absolute atomic E-state index is 5.88. The van der Waals surface area contributed by atoms with Gasteiger partial charge in [-0.25, -0.2) is 4.98 Å². The van der Waals surface area contributed by atoms with Gasteiger partial charge in [0, 0.05) is 18.2 Å². The Bertz CT molecular complexity index is 557. The average molecular weight is 326 g/mol. The molecule has 6 heteroatoms. The number of benzene rings is 1. The third-order valence-electron chi connectivity index (χ3n) is 2.95. The summed E-state index contributed by atoms with van der Waals surface area (Å²) in [5.41, 5.74) is 6.86. The van der Waals surface area contributed by atoms with Crippen LogP contribution in [-0.2, 0) is 0 Å². The monoisotopic (exact) mass is 325 g/mol. The number of hydrogen-bond donors (Lipinski definition) is 2. The molecule has 19 heavy (non-hydrogen) atoms. The number of hydrogen-bond acceptors (Lipinski definition) is 4. The summed E-state index contributed by atoms with van der Waals surface area (Å²) in [4.78, 5) is 7.46. The van der Waals surface area contributed by atoms with Crippen LogP contribution in [0.1, 0.15) is 17.3 Å².